The normalized spacial score (nSPS) is 16.9. The fraction of sp³-hybridized carbons (Fsp3) is 0.357. The maximum Gasteiger partial charge on any atom is 0.414 e. The van der Waals surface area contributed by atoms with Gasteiger partial charge in [-0.05, 0) is 79.1 Å². The first-order valence-electron chi connectivity index (χ1n) is 12.6. The molecule has 2 aliphatic heterocycles. The molecule has 0 aromatic heterocycles. The number of hydrogen-bond donors (Lipinski definition) is 2. The van der Waals surface area contributed by atoms with Crippen molar-refractivity contribution in [3.05, 3.63) is 66.0 Å². The van der Waals surface area contributed by atoms with Crippen molar-refractivity contribution in [1.82, 2.24) is 0 Å². The third-order valence-electron chi connectivity index (χ3n) is 6.12. The highest BCUT2D eigenvalue weighted by molar-refractivity contribution is 5.89. The number of anilines is 4. The van der Waals surface area contributed by atoms with Crippen LogP contribution in [0.25, 0.3) is 5.57 Å². The van der Waals surface area contributed by atoms with Gasteiger partial charge in [-0.25, -0.2) is 9.79 Å². The standard InChI is InChI=1S/C28H35N5O4/c1-4-5-27(30-23-6-8-25(9-7-23)33-14-17-37-28(33)34)29-11-10-21(2)22-18-24(31-35-3)20-26(19-22)32-12-15-36-16-13-32/h5-11,18-20,30-31H,4,12-17H2,1-3H3/b21-10+,27-5-,29-11-. The monoisotopic (exact) mass is 505 g/mol. The molecule has 37 heavy (non-hydrogen) atoms. The Labute approximate surface area is 218 Å². The number of cyclic esters (lactones) is 1. The van der Waals surface area contributed by atoms with Gasteiger partial charge in [-0.2, -0.15) is 0 Å². The second-order valence-electron chi connectivity index (χ2n) is 8.74. The molecule has 4 rings (SSSR count). The van der Waals surface area contributed by atoms with Gasteiger partial charge in [0.25, 0.3) is 0 Å². The lowest BCUT2D eigenvalue weighted by atomic mass is 10.0. The highest BCUT2D eigenvalue weighted by Crippen LogP contribution is 2.27. The summed E-state index contributed by atoms with van der Waals surface area (Å²) >= 11 is 0. The van der Waals surface area contributed by atoms with E-state index < -0.39 is 0 Å². The summed E-state index contributed by atoms with van der Waals surface area (Å²) < 4.78 is 10.5. The number of hydrogen-bond acceptors (Lipinski definition) is 8. The lowest BCUT2D eigenvalue weighted by molar-refractivity contribution is 0.122. The number of morpholine rings is 1. The minimum atomic E-state index is -0.306. The lowest BCUT2D eigenvalue weighted by Gasteiger charge is -2.29. The van der Waals surface area contributed by atoms with Gasteiger partial charge in [0, 0.05) is 36.4 Å². The smallest absolute Gasteiger partial charge is 0.414 e. The molecule has 0 radical (unpaired) electrons. The summed E-state index contributed by atoms with van der Waals surface area (Å²) in [5.74, 6) is 0.753. The SMILES string of the molecule is CC/C=C(/N=C\C=C(/C)c1cc(NOC)cc(N2CCOCC2)c1)Nc1ccc(N2CCOC2=O)cc1. The van der Waals surface area contributed by atoms with E-state index in [0.717, 1.165) is 72.4 Å². The number of allylic oxidation sites excluding steroid dienone is 3. The van der Waals surface area contributed by atoms with Crippen LogP contribution < -0.4 is 20.6 Å². The molecule has 196 valence electrons. The summed E-state index contributed by atoms with van der Waals surface area (Å²) in [6.07, 6.45) is 6.38. The van der Waals surface area contributed by atoms with Gasteiger partial charge in [0.15, 0.2) is 0 Å². The number of carbonyl (C=O) groups is 1. The first-order chi connectivity index (χ1) is 18.1. The van der Waals surface area contributed by atoms with Gasteiger partial charge in [0.05, 0.1) is 32.6 Å². The Hall–Kier alpha value is -3.82. The topological polar surface area (TPSA) is 87.7 Å². The molecule has 2 N–H and O–H groups in total. The summed E-state index contributed by atoms with van der Waals surface area (Å²) in [6.45, 7) is 8.31. The van der Waals surface area contributed by atoms with E-state index in [1.165, 1.54) is 0 Å². The zero-order valence-corrected chi connectivity index (χ0v) is 21.7. The molecule has 1 amide bonds. The molecule has 9 heteroatoms. The van der Waals surface area contributed by atoms with Gasteiger partial charge in [-0.15, -0.1) is 0 Å². The quantitative estimate of drug-likeness (QED) is 0.335. The van der Waals surface area contributed by atoms with E-state index in [1.54, 1.807) is 12.0 Å². The van der Waals surface area contributed by atoms with Crippen LogP contribution in [0.5, 0.6) is 0 Å². The van der Waals surface area contributed by atoms with Crippen molar-refractivity contribution in [2.24, 2.45) is 4.99 Å². The number of nitrogens with one attached hydrogen (secondary N) is 2. The van der Waals surface area contributed by atoms with Gasteiger partial charge < -0.3 is 19.7 Å². The lowest BCUT2D eigenvalue weighted by Crippen LogP contribution is -2.36. The predicted molar refractivity (Wildman–Crippen MR) is 149 cm³/mol. The van der Waals surface area contributed by atoms with E-state index in [4.69, 9.17) is 14.3 Å². The first kappa shape index (κ1) is 26.2. The van der Waals surface area contributed by atoms with Crippen molar-refractivity contribution in [3.8, 4) is 0 Å². The summed E-state index contributed by atoms with van der Waals surface area (Å²) in [5, 5.41) is 3.35. The van der Waals surface area contributed by atoms with Crippen LogP contribution in [0.1, 0.15) is 25.8 Å². The zero-order valence-electron chi connectivity index (χ0n) is 21.7. The number of nitrogens with zero attached hydrogens (tertiary/aromatic N) is 3. The second-order valence-corrected chi connectivity index (χ2v) is 8.74. The Morgan fingerprint density at radius 1 is 1.05 bits per heavy atom. The minimum absolute atomic E-state index is 0.306. The number of ether oxygens (including phenoxy) is 2. The van der Waals surface area contributed by atoms with Crippen molar-refractivity contribution >= 4 is 40.6 Å². The average molecular weight is 506 g/mol. The molecular formula is C28H35N5O4. The summed E-state index contributed by atoms with van der Waals surface area (Å²) in [5.41, 5.74) is 8.85. The highest BCUT2D eigenvalue weighted by atomic mass is 16.6. The van der Waals surface area contributed by atoms with Gasteiger partial charge in [0.2, 0.25) is 0 Å². The highest BCUT2D eigenvalue weighted by Gasteiger charge is 2.23. The Bertz CT molecular complexity index is 1150. The Morgan fingerprint density at radius 2 is 1.84 bits per heavy atom. The van der Waals surface area contributed by atoms with E-state index in [2.05, 4.69) is 52.7 Å². The third kappa shape index (κ3) is 7.12. The fourth-order valence-corrected chi connectivity index (χ4v) is 4.18. The number of rotatable bonds is 10. The molecule has 2 fully saturated rings. The van der Waals surface area contributed by atoms with E-state index in [0.29, 0.717) is 13.2 Å². The molecule has 0 aliphatic carbocycles. The molecule has 0 atom stereocenters. The number of carbonyl (C=O) groups excluding carboxylic acids is 1. The first-order valence-corrected chi connectivity index (χ1v) is 12.6. The van der Waals surface area contributed by atoms with Gasteiger partial charge >= 0.3 is 6.09 Å². The Morgan fingerprint density at radius 3 is 2.51 bits per heavy atom. The van der Waals surface area contributed by atoms with Gasteiger partial charge in [-0.1, -0.05) is 6.92 Å². The molecule has 2 aromatic rings. The van der Waals surface area contributed by atoms with Crippen LogP contribution in [-0.2, 0) is 14.3 Å². The van der Waals surface area contributed by atoms with Crippen LogP contribution in [0.15, 0.2) is 65.4 Å². The van der Waals surface area contributed by atoms with Crippen LogP contribution in [0.3, 0.4) is 0 Å². The van der Waals surface area contributed by atoms with Crippen molar-refractivity contribution in [2.45, 2.75) is 20.3 Å². The molecule has 2 heterocycles. The molecule has 2 aliphatic rings. The second kappa shape index (κ2) is 12.9. The van der Waals surface area contributed by atoms with Gasteiger partial charge in [0.1, 0.15) is 12.4 Å². The Balaban J connectivity index is 1.46. The van der Waals surface area contributed by atoms with E-state index in [9.17, 15) is 4.79 Å². The van der Waals surface area contributed by atoms with Crippen molar-refractivity contribution in [1.29, 1.82) is 0 Å². The summed E-state index contributed by atoms with van der Waals surface area (Å²) in [6, 6.07) is 14.0. The molecule has 2 aromatic carbocycles. The van der Waals surface area contributed by atoms with E-state index in [-0.39, 0.29) is 6.09 Å². The van der Waals surface area contributed by atoms with Crippen molar-refractivity contribution in [2.75, 3.05) is 67.2 Å². The van der Waals surface area contributed by atoms with Crippen LogP contribution in [-0.4, -0.2) is 58.9 Å². The van der Waals surface area contributed by atoms with Crippen molar-refractivity contribution < 1.29 is 19.1 Å². The third-order valence-corrected chi connectivity index (χ3v) is 6.12. The van der Waals surface area contributed by atoms with E-state index >= 15 is 0 Å². The molecule has 0 spiro atoms. The predicted octanol–water partition coefficient (Wildman–Crippen LogP) is 5.29. The minimum Gasteiger partial charge on any atom is -0.447 e. The number of benzene rings is 2. The fourth-order valence-electron chi connectivity index (χ4n) is 4.18. The van der Waals surface area contributed by atoms with E-state index in [1.807, 2.05) is 42.6 Å². The molecule has 9 nitrogen and oxygen atoms in total. The molecule has 0 unspecified atom stereocenters. The molecule has 0 bridgehead atoms. The largest absolute Gasteiger partial charge is 0.447 e. The summed E-state index contributed by atoms with van der Waals surface area (Å²) in [7, 11) is 1.61. The van der Waals surface area contributed by atoms with Crippen molar-refractivity contribution in [3.63, 3.8) is 0 Å². The Kier molecular flexibility index (Phi) is 9.18. The number of amides is 1. The number of aliphatic imine (C=N–C) groups is 1. The molecule has 0 saturated carbocycles. The van der Waals surface area contributed by atoms with Crippen LogP contribution in [0.4, 0.5) is 27.5 Å². The summed E-state index contributed by atoms with van der Waals surface area (Å²) in [4.78, 5) is 25.5. The van der Waals surface area contributed by atoms with Crippen LogP contribution in [0, 0.1) is 0 Å². The van der Waals surface area contributed by atoms with Crippen LogP contribution in [0.2, 0.25) is 0 Å². The average Bonchev–Trinajstić information content (AvgIpc) is 3.35. The zero-order chi connectivity index (χ0) is 26.0. The molecular weight excluding hydrogens is 470 g/mol. The molecule has 2 saturated heterocycles. The maximum absolute atomic E-state index is 11.8. The van der Waals surface area contributed by atoms with Crippen LogP contribution >= 0.6 is 0 Å². The van der Waals surface area contributed by atoms with Gasteiger partial charge in [-0.3, -0.25) is 15.2 Å². The maximum atomic E-state index is 11.8.